The van der Waals surface area contributed by atoms with E-state index < -0.39 is 6.10 Å². The zero-order valence-corrected chi connectivity index (χ0v) is 8.47. The van der Waals surface area contributed by atoms with E-state index in [1.807, 2.05) is 0 Å². The first kappa shape index (κ1) is 9.46. The fraction of sp³-hybridized carbons (Fsp3) is 0.545. The highest BCUT2D eigenvalue weighted by atomic mass is 16.5. The van der Waals surface area contributed by atoms with Crippen LogP contribution < -0.4 is 4.74 Å². The molecule has 0 bridgehead atoms. The molecule has 76 valence electrons. The standard InChI is InChI=1S/C11H15NO2/c1-7-5-8(7)11(13)9-6-12-4-3-10(9)14-2/h3-4,6-8,11,13H,5H2,1-2H3. The summed E-state index contributed by atoms with van der Waals surface area (Å²) >= 11 is 0. The predicted molar refractivity (Wildman–Crippen MR) is 53.0 cm³/mol. The number of pyridine rings is 1. The molecule has 1 fully saturated rings. The summed E-state index contributed by atoms with van der Waals surface area (Å²) in [5.74, 6) is 1.73. The molecule has 0 radical (unpaired) electrons. The minimum atomic E-state index is -0.423. The molecule has 0 saturated heterocycles. The van der Waals surface area contributed by atoms with E-state index in [-0.39, 0.29) is 0 Å². The molecular formula is C11H15NO2. The number of aliphatic hydroxyl groups is 1. The maximum atomic E-state index is 10.0. The first-order valence-electron chi connectivity index (χ1n) is 4.90. The van der Waals surface area contributed by atoms with Crippen LogP contribution in [0.15, 0.2) is 18.5 Å². The lowest BCUT2D eigenvalue weighted by Crippen LogP contribution is -2.04. The number of ether oxygens (including phenoxy) is 1. The molecule has 2 rings (SSSR count). The fourth-order valence-corrected chi connectivity index (χ4v) is 1.82. The second kappa shape index (κ2) is 3.58. The Kier molecular flexibility index (Phi) is 2.42. The van der Waals surface area contributed by atoms with E-state index in [4.69, 9.17) is 4.74 Å². The maximum Gasteiger partial charge on any atom is 0.127 e. The van der Waals surface area contributed by atoms with Gasteiger partial charge in [0, 0.05) is 18.0 Å². The highest BCUT2D eigenvalue weighted by Gasteiger charge is 2.40. The monoisotopic (exact) mass is 193 g/mol. The van der Waals surface area contributed by atoms with Crippen LogP contribution in [0.2, 0.25) is 0 Å². The summed E-state index contributed by atoms with van der Waals surface area (Å²) < 4.78 is 5.18. The Labute approximate surface area is 83.7 Å². The van der Waals surface area contributed by atoms with Crippen LogP contribution in [0, 0.1) is 11.8 Å². The van der Waals surface area contributed by atoms with Crippen molar-refractivity contribution in [3.63, 3.8) is 0 Å². The van der Waals surface area contributed by atoms with Crippen LogP contribution in [0.25, 0.3) is 0 Å². The Hall–Kier alpha value is -1.09. The van der Waals surface area contributed by atoms with Gasteiger partial charge in [-0.2, -0.15) is 0 Å². The summed E-state index contributed by atoms with van der Waals surface area (Å²) in [4.78, 5) is 4.01. The normalized spacial score (nSPS) is 27.1. The molecule has 1 aliphatic carbocycles. The Morgan fingerprint density at radius 1 is 1.64 bits per heavy atom. The molecule has 3 unspecified atom stereocenters. The molecule has 0 spiro atoms. The maximum absolute atomic E-state index is 10.0. The van der Waals surface area contributed by atoms with Crippen molar-refractivity contribution >= 4 is 0 Å². The van der Waals surface area contributed by atoms with Crippen molar-refractivity contribution < 1.29 is 9.84 Å². The third-order valence-corrected chi connectivity index (χ3v) is 2.93. The quantitative estimate of drug-likeness (QED) is 0.795. The molecule has 1 saturated carbocycles. The van der Waals surface area contributed by atoms with Gasteiger partial charge in [0.15, 0.2) is 0 Å². The van der Waals surface area contributed by atoms with Crippen molar-refractivity contribution in [2.24, 2.45) is 11.8 Å². The van der Waals surface area contributed by atoms with E-state index in [2.05, 4.69) is 11.9 Å². The van der Waals surface area contributed by atoms with Gasteiger partial charge >= 0.3 is 0 Å². The molecule has 1 aliphatic rings. The van der Waals surface area contributed by atoms with Crippen molar-refractivity contribution in [3.8, 4) is 5.75 Å². The first-order chi connectivity index (χ1) is 6.74. The lowest BCUT2D eigenvalue weighted by Gasteiger charge is -2.13. The van der Waals surface area contributed by atoms with E-state index in [1.165, 1.54) is 0 Å². The molecule has 0 aliphatic heterocycles. The topological polar surface area (TPSA) is 42.4 Å². The van der Waals surface area contributed by atoms with Gasteiger partial charge in [0.1, 0.15) is 5.75 Å². The van der Waals surface area contributed by atoms with Crippen molar-refractivity contribution in [1.29, 1.82) is 0 Å². The largest absolute Gasteiger partial charge is 0.496 e. The summed E-state index contributed by atoms with van der Waals surface area (Å²) in [6.07, 6.45) is 4.03. The number of nitrogens with zero attached hydrogens (tertiary/aromatic N) is 1. The lowest BCUT2D eigenvalue weighted by molar-refractivity contribution is 0.144. The van der Waals surface area contributed by atoms with Gasteiger partial charge in [-0.05, 0) is 24.3 Å². The molecule has 3 heteroatoms. The number of aromatic nitrogens is 1. The average Bonchev–Trinajstić information content (AvgIpc) is 2.94. The zero-order chi connectivity index (χ0) is 10.1. The molecule has 0 aromatic carbocycles. The SMILES string of the molecule is COc1ccncc1C(O)C1CC1C. The van der Waals surface area contributed by atoms with E-state index in [0.29, 0.717) is 11.8 Å². The summed E-state index contributed by atoms with van der Waals surface area (Å²) in [7, 11) is 1.61. The van der Waals surface area contributed by atoms with Gasteiger partial charge in [0.2, 0.25) is 0 Å². The Morgan fingerprint density at radius 2 is 2.36 bits per heavy atom. The van der Waals surface area contributed by atoms with E-state index in [9.17, 15) is 5.11 Å². The Balaban J connectivity index is 2.22. The van der Waals surface area contributed by atoms with Crippen LogP contribution in [-0.4, -0.2) is 17.2 Å². The molecule has 1 aromatic heterocycles. The second-order valence-electron chi connectivity index (χ2n) is 3.94. The van der Waals surface area contributed by atoms with Crippen LogP contribution in [0.3, 0.4) is 0 Å². The van der Waals surface area contributed by atoms with Crippen molar-refractivity contribution in [1.82, 2.24) is 4.98 Å². The summed E-state index contributed by atoms with van der Waals surface area (Å²) in [5.41, 5.74) is 0.810. The molecule has 3 atom stereocenters. The number of aliphatic hydroxyl groups excluding tert-OH is 1. The molecule has 1 heterocycles. The third kappa shape index (κ3) is 1.60. The smallest absolute Gasteiger partial charge is 0.127 e. The van der Waals surface area contributed by atoms with Gasteiger partial charge in [0.05, 0.1) is 13.2 Å². The third-order valence-electron chi connectivity index (χ3n) is 2.93. The van der Waals surface area contributed by atoms with Gasteiger partial charge in [-0.15, -0.1) is 0 Å². The van der Waals surface area contributed by atoms with E-state index >= 15 is 0 Å². The number of rotatable bonds is 3. The number of hydrogen-bond acceptors (Lipinski definition) is 3. The number of hydrogen-bond donors (Lipinski definition) is 1. The van der Waals surface area contributed by atoms with Crippen LogP contribution in [0.4, 0.5) is 0 Å². The fourth-order valence-electron chi connectivity index (χ4n) is 1.82. The predicted octanol–water partition coefficient (Wildman–Crippen LogP) is 1.78. The van der Waals surface area contributed by atoms with Gasteiger partial charge in [-0.25, -0.2) is 0 Å². The van der Waals surface area contributed by atoms with Gasteiger partial charge in [-0.3, -0.25) is 4.98 Å². The van der Waals surface area contributed by atoms with Gasteiger partial charge in [-0.1, -0.05) is 6.92 Å². The molecule has 1 aromatic rings. The van der Waals surface area contributed by atoms with Crippen molar-refractivity contribution in [2.45, 2.75) is 19.4 Å². The first-order valence-corrected chi connectivity index (χ1v) is 4.90. The summed E-state index contributed by atoms with van der Waals surface area (Å²) in [6.45, 7) is 2.15. The van der Waals surface area contributed by atoms with E-state index in [0.717, 1.165) is 17.7 Å². The van der Waals surface area contributed by atoms with Crippen molar-refractivity contribution in [3.05, 3.63) is 24.0 Å². The Bertz CT molecular complexity index is 327. The van der Waals surface area contributed by atoms with Gasteiger partial charge in [0.25, 0.3) is 0 Å². The summed E-state index contributed by atoms with van der Waals surface area (Å²) in [5, 5.41) is 10.0. The Morgan fingerprint density at radius 3 is 2.93 bits per heavy atom. The number of methoxy groups -OCH3 is 1. The summed E-state index contributed by atoms with van der Waals surface area (Å²) in [6, 6.07) is 1.78. The van der Waals surface area contributed by atoms with Crippen LogP contribution in [-0.2, 0) is 0 Å². The van der Waals surface area contributed by atoms with Crippen LogP contribution in [0.5, 0.6) is 5.75 Å². The lowest BCUT2D eigenvalue weighted by atomic mass is 10.1. The highest BCUT2D eigenvalue weighted by Crippen LogP contribution is 2.48. The van der Waals surface area contributed by atoms with Crippen LogP contribution >= 0.6 is 0 Å². The van der Waals surface area contributed by atoms with Crippen LogP contribution in [0.1, 0.15) is 25.0 Å². The van der Waals surface area contributed by atoms with E-state index in [1.54, 1.807) is 25.6 Å². The zero-order valence-electron chi connectivity index (χ0n) is 8.47. The molecular weight excluding hydrogens is 178 g/mol. The minimum absolute atomic E-state index is 0.382. The average molecular weight is 193 g/mol. The minimum Gasteiger partial charge on any atom is -0.496 e. The van der Waals surface area contributed by atoms with Gasteiger partial charge < -0.3 is 9.84 Å². The molecule has 14 heavy (non-hydrogen) atoms. The molecule has 3 nitrogen and oxygen atoms in total. The highest BCUT2D eigenvalue weighted by molar-refractivity contribution is 5.33. The van der Waals surface area contributed by atoms with Crippen molar-refractivity contribution in [2.75, 3.05) is 7.11 Å². The molecule has 1 N–H and O–H groups in total. The molecule has 0 amide bonds. The second-order valence-corrected chi connectivity index (χ2v) is 3.94.